The Labute approximate surface area is 346 Å². The van der Waals surface area contributed by atoms with Crippen molar-refractivity contribution in [3.63, 3.8) is 0 Å². The largest absolute Gasteiger partial charge is 2.00 e. The summed E-state index contributed by atoms with van der Waals surface area (Å²) in [5, 5.41) is 5.42. The molecule has 10 rings (SSSR count). The van der Waals surface area contributed by atoms with Crippen LogP contribution < -0.4 is 24.8 Å². The van der Waals surface area contributed by atoms with Crippen LogP contribution in [0.25, 0.3) is 43.8 Å². The van der Waals surface area contributed by atoms with Crippen molar-refractivity contribution < 1.29 is 51.0 Å². The monoisotopic (exact) mass is 804 g/mol. The van der Waals surface area contributed by atoms with Gasteiger partial charge in [-0.25, -0.2) is 0 Å². The fourth-order valence-corrected chi connectivity index (χ4v) is 9.72. The fourth-order valence-electron chi connectivity index (χ4n) is 9.72. The summed E-state index contributed by atoms with van der Waals surface area (Å²) in [5.74, 6) is 0.823. The maximum absolute atomic E-state index is 2.41. The Morgan fingerprint density at radius 2 is 0.811 bits per heavy atom. The molecule has 6 aromatic rings. The quantitative estimate of drug-likeness (QED) is 0.171. The van der Waals surface area contributed by atoms with Gasteiger partial charge in [0, 0.05) is 11.8 Å². The van der Waals surface area contributed by atoms with Gasteiger partial charge >= 0.3 is 26.2 Å². The summed E-state index contributed by atoms with van der Waals surface area (Å²) in [4.78, 5) is 0. The number of rotatable bonds is 4. The second-order valence-electron chi connectivity index (χ2n) is 15.6. The zero-order chi connectivity index (χ0) is 34.0. The molecule has 262 valence electrons. The van der Waals surface area contributed by atoms with Crippen molar-refractivity contribution >= 4 is 21.5 Å². The predicted molar refractivity (Wildman–Crippen MR) is 214 cm³/mol. The summed E-state index contributed by atoms with van der Waals surface area (Å²) in [6.07, 6.45) is 15.8. The normalized spacial score (nSPS) is 17.3. The number of fused-ring (bicyclic) bond motifs is 10. The number of hydrogen-bond donors (Lipinski definition) is 0. The van der Waals surface area contributed by atoms with Crippen LogP contribution in [0.5, 0.6) is 0 Å². The van der Waals surface area contributed by atoms with Gasteiger partial charge in [-0.3, -0.25) is 0 Å². The van der Waals surface area contributed by atoms with Gasteiger partial charge in [-0.05, 0) is 89.7 Å². The summed E-state index contributed by atoms with van der Waals surface area (Å²) in [6.45, 7) is 9.66. The standard InChI is InChI=1S/2C25H22.2ClH.Zr/c2*1-25(2,18-10-4-5-11-18)24-21-14-8-7-13-20(21)23-19-12-6-3-9-17(19)15-16-22(23)24;;;/h2*3-10,12-16,24H,11H2,1-2H3;2*1H;/q;;;;+2/p-2. The Bertz CT molecular complexity index is 2290. The van der Waals surface area contributed by atoms with E-state index in [1.54, 1.807) is 0 Å². The van der Waals surface area contributed by atoms with Gasteiger partial charge in [0.25, 0.3) is 0 Å². The first-order chi connectivity index (χ1) is 24.4. The van der Waals surface area contributed by atoms with Crippen LogP contribution in [0.4, 0.5) is 0 Å². The first kappa shape index (κ1) is 39.0. The molecule has 0 N–H and O–H groups in total. The average molecular weight is 807 g/mol. The van der Waals surface area contributed by atoms with E-state index in [2.05, 4.69) is 185 Å². The van der Waals surface area contributed by atoms with Gasteiger partial charge in [0.2, 0.25) is 0 Å². The molecule has 6 aromatic carbocycles. The number of benzene rings is 6. The maximum atomic E-state index is 2.41. The van der Waals surface area contributed by atoms with E-state index in [9.17, 15) is 0 Å². The van der Waals surface area contributed by atoms with E-state index in [0.29, 0.717) is 11.8 Å². The number of hydrogen-bond acceptors (Lipinski definition) is 0. The van der Waals surface area contributed by atoms with Gasteiger partial charge in [-0.2, -0.15) is 0 Å². The van der Waals surface area contributed by atoms with Crippen LogP contribution in [-0.4, -0.2) is 0 Å². The second-order valence-corrected chi connectivity index (χ2v) is 15.6. The van der Waals surface area contributed by atoms with Crippen molar-refractivity contribution in [2.45, 2.75) is 52.4 Å². The molecule has 4 aliphatic rings. The van der Waals surface area contributed by atoms with Crippen LogP contribution in [0.15, 0.2) is 169 Å². The van der Waals surface area contributed by atoms with Crippen LogP contribution in [0.2, 0.25) is 0 Å². The molecule has 0 spiro atoms. The molecule has 0 bridgehead atoms. The van der Waals surface area contributed by atoms with Gasteiger partial charge in [-0.15, -0.1) is 0 Å². The van der Waals surface area contributed by atoms with E-state index in [0.717, 1.165) is 12.8 Å². The number of allylic oxidation sites excluding steroid dienone is 8. The molecule has 0 fully saturated rings. The first-order valence-corrected chi connectivity index (χ1v) is 18.3. The van der Waals surface area contributed by atoms with Gasteiger partial charge in [0.15, 0.2) is 0 Å². The molecule has 53 heavy (non-hydrogen) atoms. The molecule has 0 heterocycles. The van der Waals surface area contributed by atoms with E-state index in [4.69, 9.17) is 0 Å². The molecule has 0 saturated heterocycles. The molecule has 2 atom stereocenters. The zero-order valence-corrected chi connectivity index (χ0v) is 34.8. The predicted octanol–water partition coefficient (Wildman–Crippen LogP) is 7.73. The van der Waals surface area contributed by atoms with Gasteiger partial charge in [0.1, 0.15) is 0 Å². The van der Waals surface area contributed by atoms with Crippen molar-refractivity contribution in [2.75, 3.05) is 0 Å². The molecule has 0 radical (unpaired) electrons. The Morgan fingerprint density at radius 1 is 0.434 bits per heavy atom. The minimum atomic E-state index is 0. The van der Waals surface area contributed by atoms with E-state index >= 15 is 0 Å². The molecular formula is C50H44Cl2Zr. The molecule has 0 aliphatic heterocycles. The summed E-state index contributed by atoms with van der Waals surface area (Å²) >= 11 is 0. The van der Waals surface area contributed by atoms with E-state index in [1.165, 1.54) is 77.2 Å². The molecule has 0 nitrogen and oxygen atoms in total. The molecule has 3 heteroatoms. The summed E-state index contributed by atoms with van der Waals surface area (Å²) in [7, 11) is 0. The third kappa shape index (κ3) is 6.28. The molecular weight excluding hydrogens is 763 g/mol. The Kier molecular flexibility index (Phi) is 11.2. The van der Waals surface area contributed by atoms with Crippen molar-refractivity contribution in [3.8, 4) is 22.3 Å². The summed E-state index contributed by atoms with van der Waals surface area (Å²) in [5.41, 5.74) is 14.9. The van der Waals surface area contributed by atoms with Crippen LogP contribution >= 0.6 is 0 Å². The minimum absolute atomic E-state index is 0. The topological polar surface area (TPSA) is 0 Å². The van der Waals surface area contributed by atoms with Crippen LogP contribution in [0.3, 0.4) is 0 Å². The zero-order valence-electron chi connectivity index (χ0n) is 30.8. The van der Waals surface area contributed by atoms with Crippen LogP contribution in [0.1, 0.15) is 74.6 Å². The van der Waals surface area contributed by atoms with Crippen LogP contribution in [0, 0.1) is 10.8 Å². The first-order valence-electron chi connectivity index (χ1n) is 18.3. The van der Waals surface area contributed by atoms with E-state index in [1.807, 2.05) is 0 Å². The molecule has 0 amide bonds. The van der Waals surface area contributed by atoms with Crippen molar-refractivity contribution in [3.05, 3.63) is 191 Å². The van der Waals surface area contributed by atoms with E-state index in [-0.39, 0.29) is 61.8 Å². The van der Waals surface area contributed by atoms with Gasteiger partial charge in [0.05, 0.1) is 0 Å². The molecule has 0 saturated carbocycles. The fraction of sp³-hybridized carbons (Fsp3) is 0.200. The molecule has 4 aliphatic carbocycles. The van der Waals surface area contributed by atoms with Crippen molar-refractivity contribution in [2.24, 2.45) is 10.8 Å². The third-order valence-electron chi connectivity index (χ3n) is 12.3. The van der Waals surface area contributed by atoms with Crippen molar-refractivity contribution in [1.29, 1.82) is 0 Å². The smallest absolute Gasteiger partial charge is 1.00 e. The van der Waals surface area contributed by atoms with E-state index < -0.39 is 0 Å². The molecule has 2 unspecified atom stereocenters. The number of halogens is 2. The SMILES string of the molecule is CC(C)(C1=CC=CC1)C1c2ccccc2-c2c1ccc1ccccc21.CC(C)(C1=CC=CC1)C1c2ccccc2-c2c1ccc1ccccc21.[Cl-].[Cl-].[Zr+2]. The van der Waals surface area contributed by atoms with Crippen molar-refractivity contribution in [1.82, 2.24) is 0 Å². The van der Waals surface area contributed by atoms with Gasteiger partial charge in [-0.1, -0.05) is 197 Å². The van der Waals surface area contributed by atoms with Crippen LogP contribution in [-0.2, 0) is 26.2 Å². The second kappa shape index (κ2) is 15.2. The molecule has 0 aromatic heterocycles. The Morgan fingerprint density at radius 3 is 1.21 bits per heavy atom. The van der Waals surface area contributed by atoms with Gasteiger partial charge < -0.3 is 24.8 Å². The average Bonchev–Trinajstić information content (AvgIpc) is 3.97. The minimum Gasteiger partial charge on any atom is -1.00 e. The summed E-state index contributed by atoms with van der Waals surface area (Å²) in [6, 6.07) is 44.9. The third-order valence-corrected chi connectivity index (χ3v) is 12.3. The maximum Gasteiger partial charge on any atom is 2.00 e. The Hall–Kier alpha value is -3.74. The summed E-state index contributed by atoms with van der Waals surface area (Å²) < 4.78 is 0. The Balaban J connectivity index is 0.000000172.